The van der Waals surface area contributed by atoms with Crippen molar-refractivity contribution < 1.29 is 5.11 Å². The second-order valence-corrected chi connectivity index (χ2v) is 6.70. The summed E-state index contributed by atoms with van der Waals surface area (Å²) in [5.41, 5.74) is 2.09. The highest BCUT2D eigenvalue weighted by Crippen LogP contribution is 2.34. The van der Waals surface area contributed by atoms with Crippen LogP contribution in [0.3, 0.4) is 0 Å². The summed E-state index contributed by atoms with van der Waals surface area (Å²) in [6, 6.07) is 7.52. The minimum absolute atomic E-state index is 0.188. The van der Waals surface area contributed by atoms with Crippen molar-refractivity contribution in [3.05, 3.63) is 61.9 Å². The SMILES string of the molecule is CCCCn1c(O)c([C@@H]2NCCc3c2[nH]c2ccccc32)c(=O)[nH]c1=O. The monoisotopic (exact) mass is 354 g/mol. The molecule has 0 radical (unpaired) electrons. The van der Waals surface area contributed by atoms with E-state index in [1.165, 1.54) is 4.57 Å². The van der Waals surface area contributed by atoms with E-state index in [9.17, 15) is 14.7 Å². The second kappa shape index (κ2) is 6.49. The lowest BCUT2D eigenvalue weighted by molar-refractivity contribution is 0.378. The van der Waals surface area contributed by atoms with Crippen LogP contribution in [0.25, 0.3) is 10.9 Å². The van der Waals surface area contributed by atoms with Gasteiger partial charge in [0, 0.05) is 29.7 Å². The van der Waals surface area contributed by atoms with Gasteiger partial charge in [0.15, 0.2) is 0 Å². The minimum Gasteiger partial charge on any atom is -0.494 e. The molecule has 0 spiro atoms. The van der Waals surface area contributed by atoms with Crippen molar-refractivity contribution >= 4 is 10.9 Å². The fraction of sp³-hybridized carbons (Fsp3) is 0.368. The van der Waals surface area contributed by atoms with Crippen LogP contribution in [-0.2, 0) is 13.0 Å². The van der Waals surface area contributed by atoms with Gasteiger partial charge < -0.3 is 15.4 Å². The van der Waals surface area contributed by atoms with E-state index in [0.29, 0.717) is 13.1 Å². The molecule has 136 valence electrons. The van der Waals surface area contributed by atoms with Gasteiger partial charge >= 0.3 is 5.69 Å². The second-order valence-electron chi connectivity index (χ2n) is 6.70. The Hall–Kier alpha value is -2.80. The number of aromatic hydroxyl groups is 1. The molecule has 3 heterocycles. The molecule has 4 rings (SSSR count). The number of benzene rings is 1. The van der Waals surface area contributed by atoms with E-state index in [2.05, 4.69) is 21.4 Å². The van der Waals surface area contributed by atoms with Crippen molar-refractivity contribution in [2.24, 2.45) is 0 Å². The van der Waals surface area contributed by atoms with Crippen molar-refractivity contribution in [1.29, 1.82) is 0 Å². The van der Waals surface area contributed by atoms with Gasteiger partial charge in [-0.05, 0) is 24.5 Å². The third-order valence-electron chi connectivity index (χ3n) is 5.09. The molecule has 0 saturated heterocycles. The van der Waals surface area contributed by atoms with Crippen molar-refractivity contribution in [2.75, 3.05) is 6.54 Å². The van der Waals surface area contributed by atoms with E-state index in [0.717, 1.165) is 41.4 Å². The molecule has 1 aromatic carbocycles. The molecule has 2 aromatic heterocycles. The Morgan fingerprint density at radius 1 is 1.23 bits per heavy atom. The Kier molecular flexibility index (Phi) is 4.16. The third kappa shape index (κ3) is 2.55. The van der Waals surface area contributed by atoms with Crippen molar-refractivity contribution in [1.82, 2.24) is 19.9 Å². The fourth-order valence-corrected chi connectivity index (χ4v) is 3.79. The van der Waals surface area contributed by atoms with Crippen LogP contribution < -0.4 is 16.6 Å². The zero-order chi connectivity index (χ0) is 18.3. The summed E-state index contributed by atoms with van der Waals surface area (Å²) in [5, 5.41) is 15.2. The lowest BCUT2D eigenvalue weighted by atomic mass is 9.95. The summed E-state index contributed by atoms with van der Waals surface area (Å²) in [7, 11) is 0. The van der Waals surface area contributed by atoms with Crippen LogP contribution >= 0.6 is 0 Å². The molecule has 7 heteroatoms. The molecular formula is C19H22N4O3. The normalized spacial score (nSPS) is 16.7. The van der Waals surface area contributed by atoms with Gasteiger partial charge in [0.2, 0.25) is 5.88 Å². The highest BCUT2D eigenvalue weighted by Gasteiger charge is 2.30. The topological polar surface area (TPSA) is 103 Å². The van der Waals surface area contributed by atoms with Gasteiger partial charge in [0.1, 0.15) is 5.56 Å². The largest absolute Gasteiger partial charge is 0.494 e. The Balaban J connectivity index is 1.90. The standard InChI is InChI=1S/C19H22N4O3/c1-2-3-10-23-18(25)14(17(24)22-19(23)26)16-15-12(8-9-20-16)11-6-4-5-7-13(11)21-15/h4-7,16,20-21,25H,2-3,8-10H2,1H3,(H,22,24,26)/t16-/m0/s1. The molecule has 4 N–H and O–H groups in total. The molecule has 0 saturated carbocycles. The summed E-state index contributed by atoms with van der Waals surface area (Å²) in [5.74, 6) is -0.254. The van der Waals surface area contributed by atoms with Gasteiger partial charge in [0.25, 0.3) is 5.56 Å². The molecule has 1 aliphatic heterocycles. The molecule has 0 bridgehead atoms. The molecular weight excluding hydrogens is 332 g/mol. The van der Waals surface area contributed by atoms with Gasteiger partial charge in [-0.25, -0.2) is 4.79 Å². The van der Waals surface area contributed by atoms with Gasteiger partial charge in [0.05, 0.1) is 6.04 Å². The summed E-state index contributed by atoms with van der Waals surface area (Å²) < 4.78 is 1.25. The van der Waals surface area contributed by atoms with E-state index < -0.39 is 17.3 Å². The van der Waals surface area contributed by atoms with E-state index in [1.54, 1.807) is 0 Å². The zero-order valence-electron chi connectivity index (χ0n) is 14.6. The van der Waals surface area contributed by atoms with Crippen LogP contribution in [0.2, 0.25) is 0 Å². The molecule has 0 unspecified atom stereocenters. The van der Waals surface area contributed by atoms with Crippen molar-refractivity contribution in [3.8, 4) is 5.88 Å². The van der Waals surface area contributed by atoms with E-state index in [1.807, 2.05) is 25.1 Å². The predicted octanol–water partition coefficient (Wildman–Crippen LogP) is 1.76. The highest BCUT2D eigenvalue weighted by molar-refractivity contribution is 5.85. The Morgan fingerprint density at radius 3 is 2.85 bits per heavy atom. The third-order valence-corrected chi connectivity index (χ3v) is 5.09. The number of aromatic nitrogens is 3. The maximum absolute atomic E-state index is 12.5. The number of nitrogens with zero attached hydrogens (tertiary/aromatic N) is 1. The average Bonchev–Trinajstić information content (AvgIpc) is 3.01. The smallest absolute Gasteiger partial charge is 0.331 e. The predicted molar refractivity (Wildman–Crippen MR) is 99.7 cm³/mol. The van der Waals surface area contributed by atoms with Crippen molar-refractivity contribution in [3.63, 3.8) is 0 Å². The zero-order valence-corrected chi connectivity index (χ0v) is 14.6. The average molecular weight is 354 g/mol. The van der Waals surface area contributed by atoms with Gasteiger partial charge in [-0.15, -0.1) is 0 Å². The van der Waals surface area contributed by atoms with Crippen LogP contribution in [-0.4, -0.2) is 26.2 Å². The first-order valence-electron chi connectivity index (χ1n) is 9.00. The van der Waals surface area contributed by atoms with Crippen LogP contribution in [0.15, 0.2) is 33.9 Å². The van der Waals surface area contributed by atoms with Crippen molar-refractivity contribution in [2.45, 2.75) is 38.8 Å². The molecule has 0 aliphatic carbocycles. The summed E-state index contributed by atoms with van der Waals surface area (Å²) in [6.07, 6.45) is 2.47. The van der Waals surface area contributed by atoms with Gasteiger partial charge in [-0.1, -0.05) is 31.5 Å². The van der Waals surface area contributed by atoms with Crippen LogP contribution in [0.1, 0.15) is 42.6 Å². The van der Waals surface area contributed by atoms with E-state index in [4.69, 9.17) is 0 Å². The van der Waals surface area contributed by atoms with Gasteiger partial charge in [-0.2, -0.15) is 0 Å². The van der Waals surface area contributed by atoms with Gasteiger partial charge in [-0.3, -0.25) is 14.3 Å². The summed E-state index contributed by atoms with van der Waals surface area (Å²) >= 11 is 0. The molecule has 0 amide bonds. The molecule has 3 aromatic rings. The number of H-pyrrole nitrogens is 2. The Bertz CT molecular complexity index is 1080. The molecule has 1 aliphatic rings. The Labute approximate surface area is 149 Å². The first kappa shape index (κ1) is 16.7. The number of nitrogens with one attached hydrogen (secondary N) is 3. The summed E-state index contributed by atoms with van der Waals surface area (Å²) in [6.45, 7) is 3.07. The van der Waals surface area contributed by atoms with E-state index >= 15 is 0 Å². The number of rotatable bonds is 4. The number of fused-ring (bicyclic) bond motifs is 3. The molecule has 0 fully saturated rings. The number of unbranched alkanes of at least 4 members (excludes halogenated alkanes) is 1. The number of hydrogen-bond donors (Lipinski definition) is 4. The molecule has 7 nitrogen and oxygen atoms in total. The van der Waals surface area contributed by atoms with Crippen LogP contribution in [0.5, 0.6) is 5.88 Å². The first-order chi connectivity index (χ1) is 12.6. The number of aromatic amines is 2. The quantitative estimate of drug-likeness (QED) is 0.573. The fourth-order valence-electron chi connectivity index (χ4n) is 3.79. The maximum Gasteiger partial charge on any atom is 0.331 e. The first-order valence-corrected chi connectivity index (χ1v) is 9.00. The lowest BCUT2D eigenvalue weighted by Gasteiger charge is -2.25. The Morgan fingerprint density at radius 2 is 2.04 bits per heavy atom. The molecule has 1 atom stereocenters. The summed E-state index contributed by atoms with van der Waals surface area (Å²) in [4.78, 5) is 30.4. The number of para-hydroxylation sites is 1. The highest BCUT2D eigenvalue weighted by atomic mass is 16.3. The maximum atomic E-state index is 12.5. The number of hydrogen-bond acceptors (Lipinski definition) is 4. The molecule has 26 heavy (non-hydrogen) atoms. The van der Waals surface area contributed by atoms with E-state index in [-0.39, 0.29) is 11.4 Å². The van der Waals surface area contributed by atoms with Crippen LogP contribution in [0.4, 0.5) is 0 Å². The lowest BCUT2D eigenvalue weighted by Crippen LogP contribution is -2.39. The van der Waals surface area contributed by atoms with Crippen LogP contribution in [0, 0.1) is 0 Å². The minimum atomic E-state index is -0.572.